The van der Waals surface area contributed by atoms with Crippen molar-refractivity contribution in [2.45, 2.75) is 0 Å². The zero-order valence-corrected chi connectivity index (χ0v) is 8.01. The normalized spacial score (nSPS) is 9.50. The SMILES string of the molecule is Cl.Nc1nc(-c2ccc(F)cc2)c[nH]1. The van der Waals surface area contributed by atoms with Crippen LogP contribution in [0.15, 0.2) is 30.5 Å². The van der Waals surface area contributed by atoms with E-state index in [-0.39, 0.29) is 18.2 Å². The molecule has 74 valence electrons. The lowest BCUT2D eigenvalue weighted by molar-refractivity contribution is 0.628. The predicted molar refractivity (Wildman–Crippen MR) is 55.6 cm³/mol. The number of nitrogens with zero attached hydrogens (tertiary/aromatic N) is 1. The van der Waals surface area contributed by atoms with E-state index in [1.54, 1.807) is 18.3 Å². The van der Waals surface area contributed by atoms with Gasteiger partial charge in [0.25, 0.3) is 0 Å². The quantitative estimate of drug-likeness (QED) is 0.763. The number of rotatable bonds is 1. The number of hydrogen-bond acceptors (Lipinski definition) is 2. The van der Waals surface area contributed by atoms with Gasteiger partial charge in [0.15, 0.2) is 5.95 Å². The van der Waals surface area contributed by atoms with Crippen LogP contribution in [0.1, 0.15) is 0 Å². The fraction of sp³-hybridized carbons (Fsp3) is 0. The van der Waals surface area contributed by atoms with Crippen LogP contribution in [-0.2, 0) is 0 Å². The average molecular weight is 214 g/mol. The number of imidazole rings is 1. The fourth-order valence-electron chi connectivity index (χ4n) is 1.11. The monoisotopic (exact) mass is 213 g/mol. The Hall–Kier alpha value is -1.55. The molecule has 1 aromatic carbocycles. The highest BCUT2D eigenvalue weighted by molar-refractivity contribution is 5.85. The van der Waals surface area contributed by atoms with Gasteiger partial charge in [-0.15, -0.1) is 12.4 Å². The third-order valence-electron chi connectivity index (χ3n) is 1.74. The zero-order valence-electron chi connectivity index (χ0n) is 7.20. The van der Waals surface area contributed by atoms with Crippen LogP contribution < -0.4 is 5.73 Å². The number of H-pyrrole nitrogens is 1. The lowest BCUT2D eigenvalue weighted by atomic mass is 10.2. The van der Waals surface area contributed by atoms with Crippen LogP contribution in [0.2, 0.25) is 0 Å². The smallest absolute Gasteiger partial charge is 0.198 e. The molecule has 1 aromatic heterocycles. The van der Waals surface area contributed by atoms with Gasteiger partial charge in [-0.3, -0.25) is 0 Å². The lowest BCUT2D eigenvalue weighted by Crippen LogP contribution is -1.85. The molecule has 1 heterocycles. The Bertz CT molecular complexity index is 410. The van der Waals surface area contributed by atoms with Crippen LogP contribution >= 0.6 is 12.4 Å². The predicted octanol–water partition coefficient (Wildman–Crippen LogP) is 2.22. The first-order chi connectivity index (χ1) is 6.25. The second-order valence-electron chi connectivity index (χ2n) is 2.68. The molecule has 0 aliphatic rings. The molecule has 0 radical (unpaired) electrons. The molecular formula is C9H9ClFN3. The van der Waals surface area contributed by atoms with Crippen molar-refractivity contribution >= 4 is 18.4 Å². The number of anilines is 1. The average Bonchev–Trinajstić information content (AvgIpc) is 2.53. The Morgan fingerprint density at radius 2 is 1.86 bits per heavy atom. The molecule has 2 aromatic rings. The van der Waals surface area contributed by atoms with Crippen LogP contribution in [-0.4, -0.2) is 9.97 Å². The lowest BCUT2D eigenvalue weighted by Gasteiger charge is -1.94. The minimum atomic E-state index is -0.257. The number of nitrogens with one attached hydrogen (secondary N) is 1. The number of aromatic nitrogens is 2. The second-order valence-corrected chi connectivity index (χ2v) is 2.68. The van der Waals surface area contributed by atoms with Gasteiger partial charge in [-0.25, -0.2) is 9.37 Å². The first-order valence-electron chi connectivity index (χ1n) is 3.82. The summed E-state index contributed by atoms with van der Waals surface area (Å²) in [6.45, 7) is 0. The van der Waals surface area contributed by atoms with Crippen molar-refractivity contribution in [3.63, 3.8) is 0 Å². The van der Waals surface area contributed by atoms with Gasteiger partial charge in [-0.05, 0) is 24.3 Å². The van der Waals surface area contributed by atoms with Crippen LogP contribution in [0.4, 0.5) is 10.3 Å². The Morgan fingerprint density at radius 1 is 1.21 bits per heavy atom. The number of nitrogen functional groups attached to an aromatic ring is 1. The molecule has 3 nitrogen and oxygen atoms in total. The highest BCUT2D eigenvalue weighted by Gasteiger charge is 2.00. The molecule has 5 heteroatoms. The van der Waals surface area contributed by atoms with Crippen molar-refractivity contribution < 1.29 is 4.39 Å². The molecule has 2 rings (SSSR count). The van der Waals surface area contributed by atoms with Gasteiger partial charge in [0.2, 0.25) is 0 Å². The molecule has 0 aliphatic carbocycles. The van der Waals surface area contributed by atoms with E-state index < -0.39 is 0 Å². The van der Waals surface area contributed by atoms with E-state index >= 15 is 0 Å². The van der Waals surface area contributed by atoms with Crippen molar-refractivity contribution in [3.05, 3.63) is 36.3 Å². The number of aromatic amines is 1. The molecule has 0 fully saturated rings. The van der Waals surface area contributed by atoms with E-state index in [0.717, 1.165) is 11.3 Å². The highest BCUT2D eigenvalue weighted by atomic mass is 35.5. The third-order valence-corrected chi connectivity index (χ3v) is 1.74. The summed E-state index contributed by atoms with van der Waals surface area (Å²) in [6, 6.07) is 6.09. The molecule has 14 heavy (non-hydrogen) atoms. The Kier molecular flexibility index (Phi) is 3.09. The molecule has 0 spiro atoms. The van der Waals surface area contributed by atoms with Crippen molar-refractivity contribution in [1.82, 2.24) is 9.97 Å². The fourth-order valence-corrected chi connectivity index (χ4v) is 1.11. The molecule has 0 aliphatic heterocycles. The topological polar surface area (TPSA) is 54.7 Å². The van der Waals surface area contributed by atoms with Crippen molar-refractivity contribution in [2.24, 2.45) is 0 Å². The number of halogens is 2. The van der Waals surface area contributed by atoms with E-state index in [1.807, 2.05) is 0 Å². The van der Waals surface area contributed by atoms with E-state index in [4.69, 9.17) is 5.73 Å². The summed E-state index contributed by atoms with van der Waals surface area (Å²) in [4.78, 5) is 6.77. The van der Waals surface area contributed by atoms with Crippen LogP contribution in [0.25, 0.3) is 11.3 Å². The summed E-state index contributed by atoms with van der Waals surface area (Å²) in [5, 5.41) is 0. The molecule has 0 amide bonds. The molecule has 0 atom stereocenters. The van der Waals surface area contributed by atoms with Crippen LogP contribution in [0.5, 0.6) is 0 Å². The van der Waals surface area contributed by atoms with Gasteiger partial charge in [-0.1, -0.05) is 0 Å². The van der Waals surface area contributed by atoms with Gasteiger partial charge in [0, 0.05) is 11.8 Å². The van der Waals surface area contributed by atoms with E-state index in [0.29, 0.717) is 5.95 Å². The summed E-state index contributed by atoms with van der Waals surface area (Å²) in [5.74, 6) is 0.103. The maximum absolute atomic E-state index is 12.6. The maximum Gasteiger partial charge on any atom is 0.198 e. The summed E-state index contributed by atoms with van der Waals surface area (Å²) in [6.07, 6.45) is 1.68. The van der Waals surface area contributed by atoms with Gasteiger partial charge in [0.1, 0.15) is 5.82 Å². The van der Waals surface area contributed by atoms with Crippen LogP contribution in [0.3, 0.4) is 0 Å². The Labute approximate surface area is 86.6 Å². The highest BCUT2D eigenvalue weighted by Crippen LogP contribution is 2.17. The van der Waals surface area contributed by atoms with Gasteiger partial charge in [0.05, 0.1) is 5.69 Å². The summed E-state index contributed by atoms with van der Waals surface area (Å²) < 4.78 is 12.6. The molecular weight excluding hydrogens is 205 g/mol. The van der Waals surface area contributed by atoms with E-state index in [2.05, 4.69) is 9.97 Å². The molecule has 3 N–H and O–H groups in total. The molecule has 0 saturated carbocycles. The standard InChI is InChI=1S/C9H8FN3.ClH/c10-7-3-1-6(2-4-7)8-5-12-9(11)13-8;/h1-5H,(H3,11,12,13);1H. The van der Waals surface area contributed by atoms with Gasteiger partial charge < -0.3 is 10.7 Å². The van der Waals surface area contributed by atoms with Crippen molar-refractivity contribution in [1.29, 1.82) is 0 Å². The third kappa shape index (κ3) is 2.03. The van der Waals surface area contributed by atoms with Crippen LogP contribution in [0, 0.1) is 5.82 Å². The Balaban J connectivity index is 0.000000980. The molecule has 0 saturated heterocycles. The van der Waals surface area contributed by atoms with E-state index in [1.165, 1.54) is 12.1 Å². The number of nitrogens with two attached hydrogens (primary N) is 1. The first-order valence-corrected chi connectivity index (χ1v) is 3.82. The van der Waals surface area contributed by atoms with E-state index in [9.17, 15) is 4.39 Å². The van der Waals surface area contributed by atoms with Crippen molar-refractivity contribution in [2.75, 3.05) is 5.73 Å². The number of hydrogen-bond donors (Lipinski definition) is 2. The maximum atomic E-state index is 12.6. The Morgan fingerprint density at radius 3 is 2.36 bits per heavy atom. The van der Waals surface area contributed by atoms with Crippen molar-refractivity contribution in [3.8, 4) is 11.3 Å². The minimum Gasteiger partial charge on any atom is -0.369 e. The molecule has 0 unspecified atom stereocenters. The first kappa shape index (κ1) is 10.5. The molecule has 0 bridgehead atoms. The van der Waals surface area contributed by atoms with Gasteiger partial charge >= 0.3 is 0 Å². The summed E-state index contributed by atoms with van der Waals surface area (Å²) in [5.41, 5.74) is 6.97. The minimum absolute atomic E-state index is 0. The summed E-state index contributed by atoms with van der Waals surface area (Å²) >= 11 is 0. The zero-order chi connectivity index (χ0) is 9.26. The van der Waals surface area contributed by atoms with Gasteiger partial charge in [-0.2, -0.15) is 0 Å². The second kappa shape index (κ2) is 4.11. The largest absolute Gasteiger partial charge is 0.369 e. The summed E-state index contributed by atoms with van der Waals surface area (Å²) in [7, 11) is 0. The number of benzene rings is 1.